The van der Waals surface area contributed by atoms with E-state index >= 15 is 0 Å². The van der Waals surface area contributed by atoms with Gasteiger partial charge in [-0.05, 0) is 44.0 Å². The smallest absolute Gasteiger partial charge is 0.0289 e. The van der Waals surface area contributed by atoms with Gasteiger partial charge in [-0.3, -0.25) is 0 Å². The van der Waals surface area contributed by atoms with Gasteiger partial charge >= 0.3 is 0 Å². The third kappa shape index (κ3) is 5.13. The lowest BCUT2D eigenvalue weighted by Gasteiger charge is -2.15. The zero-order valence-electron chi connectivity index (χ0n) is 11.7. The van der Waals surface area contributed by atoms with Crippen LogP contribution in [-0.2, 0) is 0 Å². The van der Waals surface area contributed by atoms with E-state index in [1.54, 1.807) is 0 Å². The summed E-state index contributed by atoms with van der Waals surface area (Å²) in [6, 6.07) is 9.30. The average Bonchev–Trinajstić information content (AvgIpc) is 2.27. The molecule has 2 unspecified atom stereocenters. The summed E-state index contributed by atoms with van der Waals surface area (Å²) in [5.41, 5.74) is 1.37. The second-order valence-corrected chi connectivity index (χ2v) is 6.65. The van der Waals surface area contributed by atoms with Crippen molar-refractivity contribution in [1.29, 1.82) is 0 Å². The van der Waals surface area contributed by atoms with E-state index < -0.39 is 0 Å². The summed E-state index contributed by atoms with van der Waals surface area (Å²) in [7, 11) is 2.01. The van der Waals surface area contributed by atoms with E-state index in [1.807, 2.05) is 18.8 Å². The molecule has 0 bridgehead atoms. The molecule has 2 heteroatoms. The fraction of sp³-hybridized carbons (Fsp3) is 0.600. The van der Waals surface area contributed by atoms with Gasteiger partial charge in [-0.25, -0.2) is 0 Å². The molecule has 0 saturated carbocycles. The largest absolute Gasteiger partial charge is 0.313 e. The number of rotatable bonds is 6. The predicted octanol–water partition coefficient (Wildman–Crippen LogP) is 4.49. The first-order valence-electron chi connectivity index (χ1n) is 6.46. The van der Waals surface area contributed by atoms with E-state index in [2.05, 4.69) is 57.3 Å². The average molecular weight is 251 g/mol. The van der Waals surface area contributed by atoms with E-state index in [-0.39, 0.29) is 0 Å². The maximum absolute atomic E-state index is 3.28. The highest BCUT2D eigenvalue weighted by Gasteiger charge is 2.08. The number of benzene rings is 1. The summed E-state index contributed by atoms with van der Waals surface area (Å²) >= 11 is 1.99. The van der Waals surface area contributed by atoms with Crippen molar-refractivity contribution in [2.45, 2.75) is 50.3 Å². The van der Waals surface area contributed by atoms with Crippen molar-refractivity contribution in [3.05, 3.63) is 29.8 Å². The van der Waals surface area contributed by atoms with Crippen LogP contribution in [0.1, 0.15) is 45.7 Å². The van der Waals surface area contributed by atoms with Crippen molar-refractivity contribution < 1.29 is 0 Å². The zero-order chi connectivity index (χ0) is 12.8. The van der Waals surface area contributed by atoms with E-state index in [1.165, 1.54) is 16.9 Å². The molecule has 0 heterocycles. The van der Waals surface area contributed by atoms with E-state index in [0.29, 0.717) is 11.3 Å². The number of thioether (sulfide) groups is 1. The van der Waals surface area contributed by atoms with Crippen molar-refractivity contribution in [3.8, 4) is 0 Å². The van der Waals surface area contributed by atoms with Crippen LogP contribution in [0.25, 0.3) is 0 Å². The summed E-state index contributed by atoms with van der Waals surface area (Å²) in [6.07, 6.45) is 1.27. The zero-order valence-corrected chi connectivity index (χ0v) is 12.5. The molecule has 0 radical (unpaired) electrons. The molecular formula is C15H25NS. The van der Waals surface area contributed by atoms with Gasteiger partial charge in [-0.15, -0.1) is 11.8 Å². The Morgan fingerprint density at radius 1 is 1.18 bits per heavy atom. The van der Waals surface area contributed by atoms with Gasteiger partial charge in [0.2, 0.25) is 0 Å². The van der Waals surface area contributed by atoms with Gasteiger partial charge in [0.15, 0.2) is 0 Å². The maximum Gasteiger partial charge on any atom is 0.0289 e. The van der Waals surface area contributed by atoms with Crippen LogP contribution < -0.4 is 5.32 Å². The van der Waals surface area contributed by atoms with Gasteiger partial charge in [0.05, 0.1) is 0 Å². The van der Waals surface area contributed by atoms with Crippen LogP contribution >= 0.6 is 11.8 Å². The molecule has 2 atom stereocenters. The molecule has 96 valence electrons. The number of nitrogens with one attached hydrogen (secondary N) is 1. The SMILES string of the molecule is CNC(C)c1cccc(SC(C)CC(C)C)c1. The first-order chi connectivity index (χ1) is 8.02. The first-order valence-corrected chi connectivity index (χ1v) is 7.34. The summed E-state index contributed by atoms with van der Waals surface area (Å²) in [5.74, 6) is 0.775. The van der Waals surface area contributed by atoms with Crippen LogP contribution in [0, 0.1) is 5.92 Å². The van der Waals surface area contributed by atoms with E-state index in [4.69, 9.17) is 0 Å². The molecule has 1 rings (SSSR count). The Kier molecular flexibility index (Phi) is 6.07. The molecular weight excluding hydrogens is 226 g/mol. The molecule has 1 nitrogen and oxygen atoms in total. The third-order valence-electron chi connectivity index (χ3n) is 2.93. The summed E-state index contributed by atoms with van der Waals surface area (Å²) in [6.45, 7) is 9.09. The Morgan fingerprint density at radius 3 is 2.47 bits per heavy atom. The molecule has 0 aliphatic rings. The van der Waals surface area contributed by atoms with Crippen LogP contribution in [-0.4, -0.2) is 12.3 Å². The Morgan fingerprint density at radius 2 is 1.88 bits per heavy atom. The fourth-order valence-electron chi connectivity index (χ4n) is 1.97. The predicted molar refractivity (Wildman–Crippen MR) is 78.7 cm³/mol. The highest BCUT2D eigenvalue weighted by Crippen LogP contribution is 2.28. The van der Waals surface area contributed by atoms with Crippen LogP contribution in [0.3, 0.4) is 0 Å². The highest BCUT2D eigenvalue weighted by molar-refractivity contribution is 7.99. The standard InChI is InChI=1S/C15H25NS/c1-11(2)9-12(3)17-15-8-6-7-14(10-15)13(4)16-5/h6-8,10-13,16H,9H2,1-5H3. The lowest BCUT2D eigenvalue weighted by atomic mass is 10.1. The quantitative estimate of drug-likeness (QED) is 0.747. The van der Waals surface area contributed by atoms with Gasteiger partial charge < -0.3 is 5.32 Å². The van der Waals surface area contributed by atoms with Gasteiger partial charge in [0, 0.05) is 16.2 Å². The third-order valence-corrected chi connectivity index (χ3v) is 4.05. The fourth-order valence-corrected chi connectivity index (χ4v) is 3.28. The minimum absolute atomic E-state index is 0.427. The minimum Gasteiger partial charge on any atom is -0.313 e. The molecule has 0 saturated heterocycles. The molecule has 0 spiro atoms. The first kappa shape index (κ1) is 14.6. The van der Waals surface area contributed by atoms with Crippen LogP contribution in [0.15, 0.2) is 29.2 Å². The molecule has 0 aromatic heterocycles. The molecule has 1 aromatic carbocycles. The maximum atomic E-state index is 3.28. The Bertz CT molecular complexity index is 335. The van der Waals surface area contributed by atoms with Gasteiger partial charge in [-0.2, -0.15) is 0 Å². The molecule has 0 aliphatic heterocycles. The molecule has 0 amide bonds. The van der Waals surface area contributed by atoms with Gasteiger partial charge in [-0.1, -0.05) is 32.9 Å². The molecule has 0 aliphatic carbocycles. The Labute approximate surface area is 110 Å². The van der Waals surface area contributed by atoms with Crippen molar-refractivity contribution in [1.82, 2.24) is 5.32 Å². The van der Waals surface area contributed by atoms with Crippen molar-refractivity contribution in [3.63, 3.8) is 0 Å². The summed E-state index contributed by atoms with van der Waals surface area (Å²) in [4.78, 5) is 1.39. The molecule has 17 heavy (non-hydrogen) atoms. The lowest BCUT2D eigenvalue weighted by Crippen LogP contribution is -2.12. The topological polar surface area (TPSA) is 12.0 Å². The molecule has 0 fully saturated rings. The van der Waals surface area contributed by atoms with Crippen molar-refractivity contribution >= 4 is 11.8 Å². The summed E-state index contributed by atoms with van der Waals surface area (Å²) in [5, 5.41) is 3.97. The number of hydrogen-bond acceptors (Lipinski definition) is 2. The Balaban J connectivity index is 2.65. The second kappa shape index (κ2) is 7.07. The van der Waals surface area contributed by atoms with Crippen LogP contribution in [0.2, 0.25) is 0 Å². The van der Waals surface area contributed by atoms with Crippen molar-refractivity contribution in [2.24, 2.45) is 5.92 Å². The van der Waals surface area contributed by atoms with E-state index in [9.17, 15) is 0 Å². The summed E-state index contributed by atoms with van der Waals surface area (Å²) < 4.78 is 0. The minimum atomic E-state index is 0.427. The monoisotopic (exact) mass is 251 g/mol. The van der Waals surface area contributed by atoms with Crippen molar-refractivity contribution in [2.75, 3.05) is 7.05 Å². The number of hydrogen-bond donors (Lipinski definition) is 1. The van der Waals surface area contributed by atoms with Crippen LogP contribution in [0.4, 0.5) is 0 Å². The molecule has 1 aromatic rings. The van der Waals surface area contributed by atoms with Gasteiger partial charge in [0.25, 0.3) is 0 Å². The van der Waals surface area contributed by atoms with E-state index in [0.717, 1.165) is 5.92 Å². The highest BCUT2D eigenvalue weighted by atomic mass is 32.2. The normalized spacial score (nSPS) is 14.9. The van der Waals surface area contributed by atoms with Crippen LogP contribution in [0.5, 0.6) is 0 Å². The Hall–Kier alpha value is -0.470. The lowest BCUT2D eigenvalue weighted by molar-refractivity contribution is 0.585. The van der Waals surface area contributed by atoms with Gasteiger partial charge in [0.1, 0.15) is 0 Å². The second-order valence-electron chi connectivity index (χ2n) is 5.14. The molecule has 1 N–H and O–H groups in total.